The van der Waals surface area contributed by atoms with Gasteiger partial charge in [-0.1, -0.05) is 56.2 Å². The molecule has 1 unspecified atom stereocenters. The summed E-state index contributed by atoms with van der Waals surface area (Å²) in [6, 6.07) is 17.7. The highest BCUT2D eigenvalue weighted by molar-refractivity contribution is 5.90. The zero-order valence-electron chi connectivity index (χ0n) is 18.0. The van der Waals surface area contributed by atoms with Gasteiger partial charge in [0.15, 0.2) is 0 Å². The van der Waals surface area contributed by atoms with E-state index >= 15 is 0 Å². The van der Waals surface area contributed by atoms with Gasteiger partial charge in [0.25, 0.3) is 0 Å². The number of H-pyrrole nitrogens is 1. The van der Waals surface area contributed by atoms with E-state index in [1.165, 1.54) is 78.2 Å². The highest BCUT2D eigenvalue weighted by atomic mass is 16.5. The molecule has 4 rings (SSSR count). The molecule has 154 valence electrons. The molecule has 2 aromatic carbocycles. The fourth-order valence-electron chi connectivity index (χ4n) is 5.20. The molecular formula is C27H35NO. The third-order valence-corrected chi connectivity index (χ3v) is 6.81. The number of hydrogen-bond acceptors (Lipinski definition) is 1. The van der Waals surface area contributed by atoms with Gasteiger partial charge < -0.3 is 9.72 Å². The summed E-state index contributed by atoms with van der Waals surface area (Å²) in [5.74, 6) is 1.76. The summed E-state index contributed by atoms with van der Waals surface area (Å²) in [6.45, 7) is 6.50. The van der Waals surface area contributed by atoms with Crippen LogP contribution in [0.2, 0.25) is 0 Å². The van der Waals surface area contributed by atoms with Crippen LogP contribution in [0.4, 0.5) is 0 Å². The van der Waals surface area contributed by atoms with Crippen LogP contribution in [0.5, 0.6) is 0 Å². The van der Waals surface area contributed by atoms with Gasteiger partial charge in [-0.25, -0.2) is 0 Å². The average Bonchev–Trinajstić information content (AvgIpc) is 3.11. The number of fused-ring (bicyclic) bond motifs is 1. The number of para-hydroxylation sites is 1. The Morgan fingerprint density at radius 3 is 2.66 bits per heavy atom. The van der Waals surface area contributed by atoms with Gasteiger partial charge >= 0.3 is 0 Å². The Morgan fingerprint density at radius 2 is 1.86 bits per heavy atom. The van der Waals surface area contributed by atoms with Crippen molar-refractivity contribution in [2.24, 2.45) is 11.8 Å². The van der Waals surface area contributed by atoms with Crippen molar-refractivity contribution in [2.75, 3.05) is 13.2 Å². The van der Waals surface area contributed by atoms with Gasteiger partial charge in [-0.15, -0.1) is 0 Å². The number of aryl methyl sites for hydroxylation is 2. The molecule has 1 aromatic heterocycles. The van der Waals surface area contributed by atoms with Gasteiger partial charge in [0.1, 0.15) is 0 Å². The Morgan fingerprint density at radius 1 is 1.03 bits per heavy atom. The quantitative estimate of drug-likeness (QED) is 0.429. The lowest BCUT2D eigenvalue weighted by Crippen LogP contribution is -2.23. The molecule has 2 nitrogen and oxygen atoms in total. The van der Waals surface area contributed by atoms with E-state index in [9.17, 15) is 0 Å². The van der Waals surface area contributed by atoms with Crippen molar-refractivity contribution in [2.45, 2.75) is 58.8 Å². The minimum Gasteiger partial charge on any atom is -0.381 e. The van der Waals surface area contributed by atoms with E-state index in [2.05, 4.69) is 67.4 Å². The lowest BCUT2D eigenvalue weighted by atomic mass is 9.80. The van der Waals surface area contributed by atoms with Crippen LogP contribution in [-0.4, -0.2) is 18.2 Å². The smallest absolute Gasteiger partial charge is 0.0494 e. The Hall–Kier alpha value is -2.06. The fourth-order valence-corrected chi connectivity index (χ4v) is 5.20. The monoisotopic (exact) mass is 389 g/mol. The van der Waals surface area contributed by atoms with Crippen LogP contribution in [0.3, 0.4) is 0 Å². The maximum absolute atomic E-state index is 5.59. The van der Waals surface area contributed by atoms with Crippen molar-refractivity contribution >= 4 is 10.9 Å². The predicted molar refractivity (Wildman–Crippen MR) is 123 cm³/mol. The van der Waals surface area contributed by atoms with Crippen molar-refractivity contribution in [1.29, 1.82) is 0 Å². The molecule has 0 saturated carbocycles. The van der Waals surface area contributed by atoms with Crippen molar-refractivity contribution in [1.82, 2.24) is 4.98 Å². The van der Waals surface area contributed by atoms with Gasteiger partial charge in [-0.2, -0.15) is 0 Å². The highest BCUT2D eigenvalue weighted by Crippen LogP contribution is 2.32. The molecule has 0 radical (unpaired) electrons. The second kappa shape index (κ2) is 9.63. The average molecular weight is 390 g/mol. The number of benzene rings is 2. The molecule has 0 bridgehead atoms. The molecule has 1 fully saturated rings. The molecule has 0 amide bonds. The van der Waals surface area contributed by atoms with Crippen molar-refractivity contribution in [3.05, 3.63) is 59.7 Å². The maximum atomic E-state index is 5.59. The highest BCUT2D eigenvalue weighted by Gasteiger charge is 2.23. The van der Waals surface area contributed by atoms with Crippen LogP contribution >= 0.6 is 0 Å². The summed E-state index contributed by atoms with van der Waals surface area (Å²) in [5, 5.41) is 1.33. The fraction of sp³-hybridized carbons (Fsp3) is 0.481. The van der Waals surface area contributed by atoms with E-state index in [1.54, 1.807) is 0 Å². The van der Waals surface area contributed by atoms with Gasteiger partial charge in [0, 0.05) is 29.8 Å². The maximum Gasteiger partial charge on any atom is 0.0494 e. The summed E-state index contributed by atoms with van der Waals surface area (Å²) in [4.78, 5) is 3.63. The first-order chi connectivity index (χ1) is 14.3. The molecular weight excluding hydrogens is 354 g/mol. The van der Waals surface area contributed by atoms with E-state index in [0.717, 1.165) is 25.0 Å². The molecule has 1 atom stereocenters. The Labute approximate surface area is 175 Å². The zero-order valence-corrected chi connectivity index (χ0v) is 18.0. The summed E-state index contributed by atoms with van der Waals surface area (Å²) in [6.07, 6.45) is 9.03. The summed E-state index contributed by atoms with van der Waals surface area (Å²) < 4.78 is 5.59. The molecule has 3 aromatic rings. The van der Waals surface area contributed by atoms with E-state index in [0.29, 0.717) is 0 Å². The summed E-state index contributed by atoms with van der Waals surface area (Å²) in [5.41, 5.74) is 6.61. The van der Waals surface area contributed by atoms with Crippen LogP contribution in [0.15, 0.2) is 48.5 Å². The van der Waals surface area contributed by atoms with Crippen LogP contribution in [-0.2, 0) is 11.2 Å². The minimum absolute atomic E-state index is 0.878. The third kappa shape index (κ3) is 4.75. The molecule has 1 N–H and O–H groups in total. The van der Waals surface area contributed by atoms with E-state index in [-0.39, 0.29) is 0 Å². The Balaban J connectivity index is 1.42. The first kappa shape index (κ1) is 20.2. The molecule has 0 spiro atoms. The van der Waals surface area contributed by atoms with E-state index in [4.69, 9.17) is 4.74 Å². The van der Waals surface area contributed by atoms with Crippen LogP contribution < -0.4 is 0 Å². The molecule has 2 heteroatoms. The minimum atomic E-state index is 0.878. The van der Waals surface area contributed by atoms with Crippen LogP contribution in [0, 0.1) is 18.8 Å². The number of aromatic amines is 1. The number of rotatable bonds is 8. The number of ether oxygens (including phenoxy) is 1. The number of nitrogens with one attached hydrogen (secondary N) is 1. The number of hydrogen-bond donors (Lipinski definition) is 1. The molecule has 1 saturated heterocycles. The lowest BCUT2D eigenvalue weighted by molar-refractivity contribution is 0.0427. The SMILES string of the molecule is CCCC(CCCc1cccc(-c2[nH]c3ccccc3c2C)c1)C1CCOCC1. The van der Waals surface area contributed by atoms with Crippen molar-refractivity contribution in [3.63, 3.8) is 0 Å². The Bertz CT molecular complexity index is 919. The van der Waals surface area contributed by atoms with Gasteiger partial charge in [-0.3, -0.25) is 0 Å². The Kier molecular flexibility index (Phi) is 6.71. The molecule has 1 aliphatic heterocycles. The number of aromatic nitrogens is 1. The second-order valence-electron chi connectivity index (χ2n) is 8.76. The predicted octanol–water partition coefficient (Wildman–Crippen LogP) is 7.31. The first-order valence-electron chi connectivity index (χ1n) is 11.5. The third-order valence-electron chi connectivity index (χ3n) is 6.81. The second-order valence-corrected chi connectivity index (χ2v) is 8.76. The molecule has 2 heterocycles. The van der Waals surface area contributed by atoms with E-state index < -0.39 is 0 Å². The van der Waals surface area contributed by atoms with Crippen molar-refractivity contribution < 1.29 is 4.74 Å². The molecule has 1 aliphatic rings. The lowest BCUT2D eigenvalue weighted by Gasteiger charge is -2.30. The zero-order chi connectivity index (χ0) is 20.1. The van der Waals surface area contributed by atoms with Crippen LogP contribution in [0.1, 0.15) is 56.6 Å². The standard InChI is InChI=1S/C27H35NO/c1-3-8-22(23-15-17-29-18-16-23)11-6-9-21-10-7-12-24(19-21)27-20(2)25-13-4-5-14-26(25)28-27/h4-5,7,10,12-14,19,22-23,28H,3,6,8-9,11,15-18H2,1-2H3. The summed E-state index contributed by atoms with van der Waals surface area (Å²) >= 11 is 0. The van der Waals surface area contributed by atoms with Gasteiger partial charge in [0.05, 0.1) is 0 Å². The normalized spacial score (nSPS) is 16.3. The topological polar surface area (TPSA) is 25.0 Å². The van der Waals surface area contributed by atoms with E-state index in [1.807, 2.05) is 0 Å². The van der Waals surface area contributed by atoms with Gasteiger partial charge in [0.2, 0.25) is 0 Å². The summed E-state index contributed by atoms with van der Waals surface area (Å²) in [7, 11) is 0. The van der Waals surface area contributed by atoms with Gasteiger partial charge in [-0.05, 0) is 79.7 Å². The van der Waals surface area contributed by atoms with Crippen molar-refractivity contribution in [3.8, 4) is 11.3 Å². The first-order valence-corrected chi connectivity index (χ1v) is 11.5. The van der Waals surface area contributed by atoms with Crippen LogP contribution in [0.25, 0.3) is 22.2 Å². The molecule has 29 heavy (non-hydrogen) atoms. The largest absolute Gasteiger partial charge is 0.381 e. The molecule has 0 aliphatic carbocycles.